The molecule has 1 aromatic rings. The Morgan fingerprint density at radius 2 is 2.25 bits per heavy atom. The van der Waals surface area contributed by atoms with Crippen LogP contribution in [0.3, 0.4) is 0 Å². The van der Waals surface area contributed by atoms with E-state index in [9.17, 15) is 4.79 Å². The summed E-state index contributed by atoms with van der Waals surface area (Å²) < 4.78 is 1.30. The van der Waals surface area contributed by atoms with Gasteiger partial charge in [-0.25, -0.2) is 4.68 Å². The summed E-state index contributed by atoms with van der Waals surface area (Å²) in [6.07, 6.45) is 3.62. The summed E-state index contributed by atoms with van der Waals surface area (Å²) in [5, 5.41) is 7.25. The lowest BCUT2D eigenvalue weighted by Crippen LogP contribution is -2.28. The lowest BCUT2D eigenvalue weighted by atomic mass is 10.2. The van der Waals surface area contributed by atoms with E-state index in [0.717, 1.165) is 6.54 Å². The number of thioether (sulfide) groups is 1. The third-order valence-electron chi connectivity index (χ3n) is 2.34. The SMILES string of the molecule is CSC(C)(C)CNc1cnn(C)c(=O)c1Cl. The molecule has 6 heteroatoms. The first-order valence-corrected chi connectivity index (χ1v) is 6.48. The summed E-state index contributed by atoms with van der Waals surface area (Å²) in [5.74, 6) is 0. The van der Waals surface area contributed by atoms with E-state index in [2.05, 4.69) is 24.3 Å². The number of anilines is 1. The first-order chi connectivity index (χ1) is 7.37. The second kappa shape index (κ2) is 5.10. The molecule has 0 amide bonds. The molecule has 0 spiro atoms. The highest BCUT2D eigenvalue weighted by Gasteiger charge is 2.16. The van der Waals surface area contributed by atoms with Gasteiger partial charge in [0.05, 0.1) is 11.9 Å². The van der Waals surface area contributed by atoms with Crippen LogP contribution in [-0.2, 0) is 7.05 Å². The van der Waals surface area contributed by atoms with Crippen molar-refractivity contribution >= 4 is 29.1 Å². The summed E-state index contributed by atoms with van der Waals surface area (Å²) in [6, 6.07) is 0. The van der Waals surface area contributed by atoms with Crippen LogP contribution in [-0.4, -0.2) is 27.3 Å². The predicted octanol–water partition coefficient (Wildman–Crippen LogP) is 1.99. The van der Waals surface area contributed by atoms with Crippen molar-refractivity contribution in [3.63, 3.8) is 0 Å². The summed E-state index contributed by atoms with van der Waals surface area (Å²) in [4.78, 5) is 11.5. The van der Waals surface area contributed by atoms with Crippen LogP contribution in [0.25, 0.3) is 0 Å². The lowest BCUT2D eigenvalue weighted by molar-refractivity contribution is 0.704. The Labute approximate surface area is 104 Å². The molecule has 16 heavy (non-hydrogen) atoms. The molecular weight excluding hydrogens is 246 g/mol. The van der Waals surface area contributed by atoms with Crippen LogP contribution in [0, 0.1) is 0 Å². The fourth-order valence-corrected chi connectivity index (χ4v) is 1.47. The van der Waals surface area contributed by atoms with Gasteiger partial charge in [0, 0.05) is 18.3 Å². The third kappa shape index (κ3) is 3.15. The maximum absolute atomic E-state index is 11.5. The molecule has 1 aromatic heterocycles. The normalized spacial score (nSPS) is 11.6. The van der Waals surface area contributed by atoms with Crippen molar-refractivity contribution < 1.29 is 0 Å². The van der Waals surface area contributed by atoms with Gasteiger partial charge in [-0.15, -0.1) is 0 Å². The van der Waals surface area contributed by atoms with Gasteiger partial charge in [0.1, 0.15) is 5.02 Å². The van der Waals surface area contributed by atoms with Gasteiger partial charge < -0.3 is 5.32 Å². The maximum atomic E-state index is 11.5. The minimum Gasteiger partial charge on any atom is -0.381 e. The van der Waals surface area contributed by atoms with Crippen molar-refractivity contribution in [1.82, 2.24) is 9.78 Å². The zero-order chi connectivity index (χ0) is 12.3. The van der Waals surface area contributed by atoms with Crippen LogP contribution in [0.15, 0.2) is 11.0 Å². The van der Waals surface area contributed by atoms with Crippen molar-refractivity contribution in [2.75, 3.05) is 18.1 Å². The first kappa shape index (κ1) is 13.4. The number of aromatic nitrogens is 2. The van der Waals surface area contributed by atoms with Gasteiger partial charge >= 0.3 is 0 Å². The first-order valence-electron chi connectivity index (χ1n) is 4.88. The Morgan fingerprint density at radius 1 is 1.62 bits per heavy atom. The number of nitrogens with zero attached hydrogens (tertiary/aromatic N) is 2. The molecular formula is C10H16ClN3OS. The van der Waals surface area contributed by atoms with Gasteiger partial charge in [0.25, 0.3) is 5.56 Å². The highest BCUT2D eigenvalue weighted by molar-refractivity contribution is 7.99. The molecule has 0 aliphatic carbocycles. The van der Waals surface area contributed by atoms with Crippen LogP contribution < -0.4 is 10.9 Å². The monoisotopic (exact) mass is 261 g/mol. The van der Waals surface area contributed by atoms with Crippen LogP contribution in [0.5, 0.6) is 0 Å². The van der Waals surface area contributed by atoms with Crippen LogP contribution in [0.1, 0.15) is 13.8 Å². The van der Waals surface area contributed by atoms with Crippen LogP contribution in [0.2, 0.25) is 5.02 Å². The summed E-state index contributed by atoms with van der Waals surface area (Å²) in [6.45, 7) is 4.96. The molecule has 4 nitrogen and oxygen atoms in total. The molecule has 0 saturated carbocycles. The average Bonchev–Trinajstić information content (AvgIpc) is 2.25. The standard InChI is InChI=1S/C10H16ClN3OS/c1-10(2,16-4)6-12-7-5-13-14(3)9(15)8(7)11/h5,12H,6H2,1-4H3. The molecule has 0 aromatic carbocycles. The van der Waals surface area contributed by atoms with Crippen molar-refractivity contribution in [3.05, 3.63) is 21.6 Å². The number of hydrogen-bond donors (Lipinski definition) is 1. The molecule has 0 saturated heterocycles. The largest absolute Gasteiger partial charge is 0.381 e. The Morgan fingerprint density at radius 3 is 2.81 bits per heavy atom. The Hall–Kier alpha value is -0.680. The van der Waals surface area contributed by atoms with Gasteiger partial charge in [-0.3, -0.25) is 4.79 Å². The lowest BCUT2D eigenvalue weighted by Gasteiger charge is -2.23. The summed E-state index contributed by atoms with van der Waals surface area (Å²) in [7, 11) is 1.57. The van der Waals surface area contributed by atoms with Crippen LogP contribution in [0.4, 0.5) is 5.69 Å². The number of aryl methyl sites for hydroxylation is 1. The predicted molar refractivity (Wildman–Crippen MR) is 70.6 cm³/mol. The zero-order valence-electron chi connectivity index (χ0n) is 9.87. The number of rotatable bonds is 4. The van der Waals surface area contributed by atoms with Crippen molar-refractivity contribution in [3.8, 4) is 0 Å². The van der Waals surface area contributed by atoms with E-state index >= 15 is 0 Å². The Balaban J connectivity index is 2.84. The molecule has 0 aliphatic rings. The number of halogens is 1. The zero-order valence-corrected chi connectivity index (χ0v) is 11.4. The Kier molecular flexibility index (Phi) is 4.27. The molecule has 0 fully saturated rings. The summed E-state index contributed by atoms with van der Waals surface area (Å²) >= 11 is 7.68. The van der Waals surface area contributed by atoms with E-state index in [0.29, 0.717) is 5.69 Å². The van der Waals surface area contributed by atoms with Gasteiger partial charge in [0.2, 0.25) is 0 Å². The molecule has 0 unspecified atom stereocenters. The van der Waals surface area contributed by atoms with E-state index in [1.165, 1.54) is 4.68 Å². The summed E-state index contributed by atoms with van der Waals surface area (Å²) in [5.41, 5.74) is 0.306. The molecule has 90 valence electrons. The van der Waals surface area contributed by atoms with Gasteiger partial charge in [-0.2, -0.15) is 16.9 Å². The van der Waals surface area contributed by atoms with Gasteiger partial charge in [0.15, 0.2) is 0 Å². The van der Waals surface area contributed by atoms with Crippen molar-refractivity contribution in [1.29, 1.82) is 0 Å². The molecule has 1 heterocycles. The van der Waals surface area contributed by atoms with E-state index in [4.69, 9.17) is 11.6 Å². The fraction of sp³-hybridized carbons (Fsp3) is 0.600. The maximum Gasteiger partial charge on any atom is 0.287 e. The molecule has 0 atom stereocenters. The Bertz CT molecular complexity index is 431. The number of nitrogens with one attached hydrogen (secondary N) is 1. The molecule has 0 radical (unpaired) electrons. The third-order valence-corrected chi connectivity index (χ3v) is 3.95. The minimum atomic E-state index is -0.284. The smallest absolute Gasteiger partial charge is 0.287 e. The topological polar surface area (TPSA) is 46.9 Å². The van der Waals surface area contributed by atoms with E-state index in [1.54, 1.807) is 25.0 Å². The van der Waals surface area contributed by atoms with Crippen molar-refractivity contribution in [2.24, 2.45) is 7.05 Å². The molecule has 1 N–H and O–H groups in total. The second-order valence-electron chi connectivity index (χ2n) is 4.12. The highest BCUT2D eigenvalue weighted by atomic mass is 35.5. The van der Waals surface area contributed by atoms with Gasteiger partial charge in [-0.05, 0) is 20.1 Å². The van der Waals surface area contributed by atoms with E-state index in [-0.39, 0.29) is 15.3 Å². The van der Waals surface area contributed by atoms with E-state index in [1.807, 2.05) is 6.26 Å². The quantitative estimate of drug-likeness (QED) is 0.901. The molecule has 0 bridgehead atoms. The minimum absolute atomic E-state index is 0.0877. The van der Waals surface area contributed by atoms with E-state index < -0.39 is 0 Å². The van der Waals surface area contributed by atoms with Crippen LogP contribution >= 0.6 is 23.4 Å². The second-order valence-corrected chi connectivity index (χ2v) is 6.01. The number of hydrogen-bond acceptors (Lipinski definition) is 4. The highest BCUT2D eigenvalue weighted by Crippen LogP contribution is 2.23. The average molecular weight is 262 g/mol. The van der Waals surface area contributed by atoms with Gasteiger partial charge in [-0.1, -0.05) is 11.6 Å². The molecule has 1 rings (SSSR count). The molecule has 0 aliphatic heterocycles. The van der Waals surface area contributed by atoms with Crippen molar-refractivity contribution in [2.45, 2.75) is 18.6 Å². The fourth-order valence-electron chi connectivity index (χ4n) is 1.01.